The van der Waals surface area contributed by atoms with E-state index in [4.69, 9.17) is 16.6 Å². The minimum Gasteiger partial charge on any atom is -0.330 e. The highest BCUT2D eigenvalue weighted by atomic mass is 35.5. The van der Waals surface area contributed by atoms with Crippen LogP contribution in [-0.2, 0) is 42.7 Å². The Morgan fingerprint density at radius 2 is 1.90 bits per heavy atom. The van der Waals surface area contributed by atoms with Crippen LogP contribution in [-0.4, -0.2) is 41.7 Å². The van der Waals surface area contributed by atoms with Crippen LogP contribution < -0.4 is 0 Å². The molecule has 5 rings (SSSR count). The molecule has 0 saturated carbocycles. The van der Waals surface area contributed by atoms with E-state index in [-0.39, 0.29) is 0 Å². The van der Waals surface area contributed by atoms with Crippen molar-refractivity contribution in [2.24, 2.45) is 7.05 Å². The lowest BCUT2D eigenvalue weighted by Crippen LogP contribution is -2.43. The zero-order valence-corrected chi connectivity index (χ0v) is 19.4. The van der Waals surface area contributed by atoms with Gasteiger partial charge in [0.15, 0.2) is 9.84 Å². The number of imidazole rings is 1. The Balaban J connectivity index is 1.43. The molecule has 2 aromatic carbocycles. The van der Waals surface area contributed by atoms with Gasteiger partial charge in [-0.2, -0.15) is 0 Å². The molecule has 0 spiro atoms. The van der Waals surface area contributed by atoms with Crippen LogP contribution in [0, 0.1) is 0 Å². The third-order valence-corrected chi connectivity index (χ3v) is 8.24. The molecule has 0 radical (unpaired) electrons. The molecule has 2 heterocycles. The minimum absolute atomic E-state index is 0.335. The normalized spacial score (nSPS) is 19.1. The van der Waals surface area contributed by atoms with Gasteiger partial charge in [-0.25, -0.2) is 13.4 Å². The Bertz CT molecular complexity index is 1270. The number of nitrogens with zero attached hydrogens (tertiary/aromatic N) is 3. The predicted octanol–water partition coefficient (Wildman–Crippen LogP) is 4.06. The molecule has 0 N–H and O–H groups in total. The SMILES string of the molecule is Cn1c(-c2ccccc2Cl)nc2c1CN(C1CCc3cccc(S(C)(=O)=O)c3C1)CC2. The van der Waals surface area contributed by atoms with E-state index in [0.717, 1.165) is 61.4 Å². The maximum absolute atomic E-state index is 12.3. The number of aromatic nitrogens is 2. The van der Waals surface area contributed by atoms with Gasteiger partial charge in [0.1, 0.15) is 5.82 Å². The summed E-state index contributed by atoms with van der Waals surface area (Å²) in [5.41, 5.74) is 5.51. The lowest BCUT2D eigenvalue weighted by molar-refractivity contribution is 0.158. The maximum atomic E-state index is 12.3. The molecule has 162 valence electrons. The molecule has 1 aliphatic heterocycles. The number of fused-ring (bicyclic) bond motifs is 2. The Morgan fingerprint density at radius 1 is 1.10 bits per heavy atom. The van der Waals surface area contributed by atoms with Crippen molar-refractivity contribution in [3.63, 3.8) is 0 Å². The fraction of sp³-hybridized carbons (Fsp3) is 0.375. The van der Waals surface area contributed by atoms with E-state index in [2.05, 4.69) is 22.6 Å². The van der Waals surface area contributed by atoms with Crippen molar-refractivity contribution < 1.29 is 8.42 Å². The Hall–Kier alpha value is -2.15. The largest absolute Gasteiger partial charge is 0.330 e. The zero-order valence-electron chi connectivity index (χ0n) is 17.8. The summed E-state index contributed by atoms with van der Waals surface area (Å²) >= 11 is 6.43. The van der Waals surface area contributed by atoms with Gasteiger partial charge in [-0.05, 0) is 48.6 Å². The average molecular weight is 456 g/mol. The van der Waals surface area contributed by atoms with Gasteiger partial charge in [-0.15, -0.1) is 0 Å². The van der Waals surface area contributed by atoms with Crippen LogP contribution in [0.5, 0.6) is 0 Å². The topological polar surface area (TPSA) is 55.2 Å². The van der Waals surface area contributed by atoms with Crippen molar-refractivity contribution in [1.82, 2.24) is 14.5 Å². The van der Waals surface area contributed by atoms with Crippen molar-refractivity contribution in [3.05, 3.63) is 70.0 Å². The number of rotatable bonds is 3. The average Bonchev–Trinajstić information content (AvgIpc) is 3.08. The highest BCUT2D eigenvalue weighted by Gasteiger charge is 2.32. The number of halogens is 1. The van der Waals surface area contributed by atoms with Crippen LogP contribution in [0.15, 0.2) is 47.4 Å². The van der Waals surface area contributed by atoms with Gasteiger partial charge < -0.3 is 4.57 Å². The van der Waals surface area contributed by atoms with Crippen molar-refractivity contribution in [1.29, 1.82) is 0 Å². The molecular weight excluding hydrogens is 430 g/mol. The van der Waals surface area contributed by atoms with Crippen molar-refractivity contribution in [2.75, 3.05) is 12.8 Å². The molecule has 7 heteroatoms. The number of benzene rings is 2. The Morgan fingerprint density at radius 3 is 2.68 bits per heavy atom. The van der Waals surface area contributed by atoms with Gasteiger partial charge in [-0.3, -0.25) is 4.90 Å². The van der Waals surface area contributed by atoms with Crippen LogP contribution >= 0.6 is 11.6 Å². The zero-order chi connectivity index (χ0) is 21.8. The quantitative estimate of drug-likeness (QED) is 0.597. The highest BCUT2D eigenvalue weighted by molar-refractivity contribution is 7.90. The standard InChI is InChI=1S/C24H26ClN3O2S/c1-27-22-15-28(13-12-21(22)26-24(27)18-7-3-4-8-20(18)25)17-11-10-16-6-5-9-23(19(16)14-17)31(2,29)30/h3-9,17H,10-15H2,1-2H3. The van der Waals surface area contributed by atoms with Gasteiger partial charge in [0.25, 0.3) is 0 Å². The first-order valence-corrected chi connectivity index (χ1v) is 12.9. The highest BCUT2D eigenvalue weighted by Crippen LogP contribution is 2.34. The van der Waals surface area contributed by atoms with E-state index in [0.29, 0.717) is 16.0 Å². The summed E-state index contributed by atoms with van der Waals surface area (Å²) in [5, 5.41) is 0.710. The second-order valence-electron chi connectivity index (χ2n) is 8.65. The van der Waals surface area contributed by atoms with E-state index in [1.54, 1.807) is 6.07 Å². The molecule has 0 fully saturated rings. The van der Waals surface area contributed by atoms with Crippen molar-refractivity contribution in [3.8, 4) is 11.4 Å². The summed E-state index contributed by atoms with van der Waals surface area (Å²) in [6, 6.07) is 13.9. The fourth-order valence-electron chi connectivity index (χ4n) is 5.10. The molecule has 2 aliphatic rings. The molecule has 0 saturated heterocycles. The summed E-state index contributed by atoms with van der Waals surface area (Å²) in [6.07, 6.45) is 4.95. The summed E-state index contributed by atoms with van der Waals surface area (Å²) in [4.78, 5) is 7.91. The molecule has 1 atom stereocenters. The lowest BCUT2D eigenvalue weighted by Gasteiger charge is -2.37. The molecule has 1 aliphatic carbocycles. The van der Waals surface area contributed by atoms with Gasteiger partial charge in [-0.1, -0.05) is 35.9 Å². The molecule has 1 unspecified atom stereocenters. The molecule has 5 nitrogen and oxygen atoms in total. The maximum Gasteiger partial charge on any atom is 0.175 e. The first kappa shape index (κ1) is 20.7. The second-order valence-corrected chi connectivity index (χ2v) is 11.0. The monoisotopic (exact) mass is 455 g/mol. The smallest absolute Gasteiger partial charge is 0.175 e. The summed E-state index contributed by atoms with van der Waals surface area (Å²) in [5.74, 6) is 0.908. The number of hydrogen-bond donors (Lipinski definition) is 0. The third kappa shape index (κ3) is 3.71. The van der Waals surface area contributed by atoms with Crippen molar-refractivity contribution in [2.45, 2.75) is 43.2 Å². The number of hydrogen-bond acceptors (Lipinski definition) is 4. The second kappa shape index (κ2) is 7.76. The lowest BCUT2D eigenvalue weighted by atomic mass is 9.86. The first-order valence-electron chi connectivity index (χ1n) is 10.7. The van der Waals surface area contributed by atoms with Gasteiger partial charge in [0.05, 0.1) is 21.3 Å². The molecule has 0 bridgehead atoms. The summed E-state index contributed by atoms with van der Waals surface area (Å²) in [6.45, 7) is 1.76. The van der Waals surface area contributed by atoms with Crippen LogP contribution in [0.25, 0.3) is 11.4 Å². The van der Waals surface area contributed by atoms with Gasteiger partial charge in [0, 0.05) is 44.4 Å². The van der Waals surface area contributed by atoms with E-state index < -0.39 is 9.84 Å². The molecule has 3 aromatic rings. The van der Waals surface area contributed by atoms with E-state index >= 15 is 0 Å². The minimum atomic E-state index is -3.23. The van der Waals surface area contributed by atoms with Crippen LogP contribution in [0.3, 0.4) is 0 Å². The van der Waals surface area contributed by atoms with Crippen LogP contribution in [0.1, 0.15) is 28.9 Å². The van der Waals surface area contributed by atoms with E-state index in [1.807, 2.05) is 30.3 Å². The number of sulfone groups is 1. The third-order valence-electron chi connectivity index (χ3n) is 6.73. The van der Waals surface area contributed by atoms with Gasteiger partial charge >= 0.3 is 0 Å². The molecule has 1 aromatic heterocycles. The Labute approximate surface area is 188 Å². The van der Waals surface area contributed by atoms with E-state index in [9.17, 15) is 8.42 Å². The summed E-state index contributed by atoms with van der Waals surface area (Å²) in [7, 11) is -1.17. The fourth-order valence-corrected chi connectivity index (χ4v) is 6.31. The Kier molecular flexibility index (Phi) is 5.19. The molecule has 0 amide bonds. The molecule has 31 heavy (non-hydrogen) atoms. The van der Waals surface area contributed by atoms with E-state index in [1.165, 1.54) is 17.5 Å². The first-order chi connectivity index (χ1) is 14.8. The molecular formula is C24H26ClN3O2S. The summed E-state index contributed by atoms with van der Waals surface area (Å²) < 4.78 is 26.8. The van der Waals surface area contributed by atoms with Crippen LogP contribution in [0.4, 0.5) is 0 Å². The predicted molar refractivity (Wildman–Crippen MR) is 123 cm³/mol. The van der Waals surface area contributed by atoms with Crippen molar-refractivity contribution >= 4 is 21.4 Å². The number of aryl methyl sites for hydroxylation is 1. The van der Waals surface area contributed by atoms with Crippen LogP contribution in [0.2, 0.25) is 5.02 Å². The van der Waals surface area contributed by atoms with Gasteiger partial charge in [0.2, 0.25) is 0 Å².